The minimum atomic E-state index is -3.05. The SMILES string of the molecule is CC.O=C(NCc1nc(-c2cccc(OCc3ccccc3)c2O)n[nH]1)c1ccccc1OC(F)F. The van der Waals surface area contributed by atoms with Crippen molar-refractivity contribution in [3.63, 3.8) is 0 Å². The Labute approximate surface area is 206 Å². The fourth-order valence-corrected chi connectivity index (χ4v) is 3.16. The van der Waals surface area contributed by atoms with Crippen LogP contribution in [0.2, 0.25) is 0 Å². The number of rotatable bonds is 9. The summed E-state index contributed by atoms with van der Waals surface area (Å²) in [5, 5.41) is 20.0. The zero-order chi connectivity index (χ0) is 25.9. The average Bonchev–Trinajstić information content (AvgIpc) is 3.37. The maximum absolute atomic E-state index is 12.6. The Bertz CT molecular complexity index is 1270. The predicted molar refractivity (Wildman–Crippen MR) is 130 cm³/mol. The van der Waals surface area contributed by atoms with Gasteiger partial charge in [0, 0.05) is 0 Å². The van der Waals surface area contributed by atoms with Crippen LogP contribution in [0.15, 0.2) is 72.8 Å². The average molecular weight is 497 g/mol. The van der Waals surface area contributed by atoms with Crippen LogP contribution in [0.5, 0.6) is 17.2 Å². The number of ether oxygens (including phenoxy) is 2. The minimum Gasteiger partial charge on any atom is -0.504 e. The van der Waals surface area contributed by atoms with Gasteiger partial charge < -0.3 is 19.9 Å². The zero-order valence-electron chi connectivity index (χ0n) is 19.7. The van der Waals surface area contributed by atoms with E-state index >= 15 is 0 Å². The Balaban J connectivity index is 0.00000176. The summed E-state index contributed by atoms with van der Waals surface area (Å²) in [7, 11) is 0. The third-order valence-electron chi connectivity index (χ3n) is 4.77. The number of nitrogens with zero attached hydrogens (tertiary/aromatic N) is 2. The van der Waals surface area contributed by atoms with Gasteiger partial charge in [-0.25, -0.2) is 4.98 Å². The van der Waals surface area contributed by atoms with E-state index in [1.54, 1.807) is 18.2 Å². The van der Waals surface area contributed by atoms with E-state index in [-0.39, 0.29) is 41.8 Å². The number of halogens is 2. The highest BCUT2D eigenvalue weighted by Gasteiger charge is 2.17. The topological polar surface area (TPSA) is 109 Å². The van der Waals surface area contributed by atoms with Gasteiger partial charge in [0.2, 0.25) is 0 Å². The van der Waals surface area contributed by atoms with Gasteiger partial charge in [-0.15, -0.1) is 0 Å². The number of aromatic amines is 1. The number of carbonyl (C=O) groups is 1. The van der Waals surface area contributed by atoms with Gasteiger partial charge in [0.05, 0.1) is 17.7 Å². The number of hydrogen-bond donors (Lipinski definition) is 3. The van der Waals surface area contributed by atoms with Crippen molar-refractivity contribution in [3.8, 4) is 28.6 Å². The quantitative estimate of drug-likeness (QED) is 0.290. The van der Waals surface area contributed by atoms with Crippen LogP contribution in [-0.4, -0.2) is 32.8 Å². The molecule has 0 spiro atoms. The number of H-pyrrole nitrogens is 1. The van der Waals surface area contributed by atoms with E-state index in [0.717, 1.165) is 5.56 Å². The van der Waals surface area contributed by atoms with Gasteiger partial charge >= 0.3 is 6.61 Å². The first-order chi connectivity index (χ1) is 17.5. The van der Waals surface area contributed by atoms with E-state index in [0.29, 0.717) is 11.4 Å². The van der Waals surface area contributed by atoms with Crippen molar-refractivity contribution >= 4 is 5.91 Å². The molecule has 0 bridgehead atoms. The molecule has 188 valence electrons. The molecular formula is C26H26F2N4O4. The molecular weight excluding hydrogens is 470 g/mol. The lowest BCUT2D eigenvalue weighted by molar-refractivity contribution is -0.0501. The highest BCUT2D eigenvalue weighted by Crippen LogP contribution is 2.35. The van der Waals surface area contributed by atoms with Gasteiger partial charge in [-0.05, 0) is 29.8 Å². The number of benzene rings is 3. The standard InChI is InChI=1S/C24H20F2N4O4.C2H6/c25-24(26)34-18-11-5-4-9-16(18)23(32)27-13-20-28-22(30-29-20)17-10-6-12-19(21(17)31)33-14-15-7-2-1-3-8-15;1-2/h1-12,24,31H,13-14H2,(H,27,32)(H,28,29,30);1-2H3. The van der Waals surface area contributed by atoms with Crippen molar-refractivity contribution in [3.05, 3.63) is 89.7 Å². The van der Waals surface area contributed by atoms with Crippen LogP contribution in [0, 0.1) is 0 Å². The van der Waals surface area contributed by atoms with Crippen LogP contribution in [0.4, 0.5) is 8.78 Å². The maximum Gasteiger partial charge on any atom is 0.387 e. The first-order valence-corrected chi connectivity index (χ1v) is 11.2. The van der Waals surface area contributed by atoms with Crippen molar-refractivity contribution in [1.82, 2.24) is 20.5 Å². The number of carbonyl (C=O) groups excluding carboxylic acids is 1. The molecule has 1 aromatic heterocycles. The number of nitrogens with one attached hydrogen (secondary N) is 2. The van der Waals surface area contributed by atoms with Crippen LogP contribution >= 0.6 is 0 Å². The fraction of sp³-hybridized carbons (Fsp3) is 0.192. The first-order valence-electron chi connectivity index (χ1n) is 11.2. The molecule has 10 heteroatoms. The summed E-state index contributed by atoms with van der Waals surface area (Å²) in [5.41, 5.74) is 1.25. The summed E-state index contributed by atoms with van der Waals surface area (Å²) >= 11 is 0. The molecule has 0 radical (unpaired) electrons. The molecule has 1 heterocycles. The second kappa shape index (κ2) is 12.8. The molecule has 0 unspecified atom stereocenters. The number of hydrogen-bond acceptors (Lipinski definition) is 6. The molecule has 0 aliphatic rings. The lowest BCUT2D eigenvalue weighted by atomic mass is 10.1. The van der Waals surface area contributed by atoms with Crippen LogP contribution < -0.4 is 14.8 Å². The maximum atomic E-state index is 12.6. The summed E-state index contributed by atoms with van der Waals surface area (Å²) in [5.74, 6) is -0.194. The van der Waals surface area contributed by atoms with E-state index in [4.69, 9.17) is 4.74 Å². The Morgan fingerprint density at radius 2 is 1.69 bits per heavy atom. The highest BCUT2D eigenvalue weighted by molar-refractivity contribution is 5.96. The number of para-hydroxylation sites is 2. The van der Waals surface area contributed by atoms with Crippen molar-refractivity contribution in [2.45, 2.75) is 33.6 Å². The summed E-state index contributed by atoms with van der Waals surface area (Å²) in [6, 6.07) is 20.2. The Kier molecular flexibility index (Phi) is 9.33. The van der Waals surface area contributed by atoms with Crippen LogP contribution in [0.3, 0.4) is 0 Å². The van der Waals surface area contributed by atoms with Crippen molar-refractivity contribution in [2.24, 2.45) is 0 Å². The van der Waals surface area contributed by atoms with Crippen LogP contribution in [-0.2, 0) is 13.2 Å². The molecule has 0 aliphatic heterocycles. The lowest BCUT2D eigenvalue weighted by Crippen LogP contribution is -2.24. The Morgan fingerprint density at radius 3 is 2.44 bits per heavy atom. The molecule has 4 rings (SSSR count). The zero-order valence-corrected chi connectivity index (χ0v) is 19.7. The third kappa shape index (κ3) is 6.78. The molecule has 0 saturated carbocycles. The van der Waals surface area contributed by atoms with E-state index in [2.05, 4.69) is 25.2 Å². The molecule has 1 amide bonds. The van der Waals surface area contributed by atoms with Gasteiger partial charge in [0.1, 0.15) is 18.2 Å². The number of phenolic OH excluding ortho intramolecular Hbond substituents is 1. The summed E-state index contributed by atoms with van der Waals surface area (Å²) in [4.78, 5) is 16.7. The largest absolute Gasteiger partial charge is 0.504 e. The van der Waals surface area contributed by atoms with Gasteiger partial charge in [-0.3, -0.25) is 9.89 Å². The Morgan fingerprint density at radius 1 is 1.00 bits per heavy atom. The molecule has 36 heavy (non-hydrogen) atoms. The molecule has 8 nitrogen and oxygen atoms in total. The molecule has 0 aliphatic carbocycles. The number of aromatic nitrogens is 3. The van der Waals surface area contributed by atoms with Gasteiger partial charge in [-0.1, -0.05) is 62.4 Å². The van der Waals surface area contributed by atoms with Crippen molar-refractivity contribution in [1.29, 1.82) is 0 Å². The van der Waals surface area contributed by atoms with Crippen LogP contribution in [0.25, 0.3) is 11.4 Å². The molecule has 4 aromatic rings. The smallest absolute Gasteiger partial charge is 0.387 e. The number of amides is 1. The van der Waals surface area contributed by atoms with Gasteiger partial charge in [-0.2, -0.15) is 13.9 Å². The van der Waals surface area contributed by atoms with E-state index in [1.807, 2.05) is 44.2 Å². The van der Waals surface area contributed by atoms with E-state index < -0.39 is 12.5 Å². The number of alkyl halides is 2. The normalized spacial score (nSPS) is 10.4. The highest BCUT2D eigenvalue weighted by atomic mass is 19.3. The van der Waals surface area contributed by atoms with Crippen molar-refractivity contribution < 1.29 is 28.2 Å². The first kappa shape index (κ1) is 26.1. The molecule has 3 aromatic carbocycles. The summed E-state index contributed by atoms with van der Waals surface area (Å²) in [6.45, 7) is 1.17. The third-order valence-corrected chi connectivity index (χ3v) is 4.77. The van der Waals surface area contributed by atoms with Crippen molar-refractivity contribution in [2.75, 3.05) is 0 Å². The summed E-state index contributed by atoms with van der Waals surface area (Å²) < 4.78 is 35.2. The molecule has 3 N–H and O–H groups in total. The molecule has 0 saturated heterocycles. The lowest BCUT2D eigenvalue weighted by Gasteiger charge is -2.10. The number of aromatic hydroxyl groups is 1. The predicted octanol–water partition coefficient (Wildman–Crippen LogP) is 5.31. The number of phenols is 1. The molecule has 0 atom stereocenters. The second-order valence-electron chi connectivity index (χ2n) is 7.09. The Hall–Kier alpha value is -4.47. The second-order valence-corrected chi connectivity index (χ2v) is 7.09. The van der Waals surface area contributed by atoms with E-state index in [1.165, 1.54) is 24.3 Å². The van der Waals surface area contributed by atoms with Gasteiger partial charge in [0.15, 0.2) is 17.3 Å². The van der Waals surface area contributed by atoms with Gasteiger partial charge in [0.25, 0.3) is 5.91 Å². The fourth-order valence-electron chi connectivity index (χ4n) is 3.16. The summed E-state index contributed by atoms with van der Waals surface area (Å²) in [6.07, 6.45) is 0. The monoisotopic (exact) mass is 496 g/mol. The minimum absolute atomic E-state index is 0.0385. The molecule has 0 fully saturated rings. The van der Waals surface area contributed by atoms with E-state index in [9.17, 15) is 18.7 Å². The van der Waals surface area contributed by atoms with Crippen LogP contribution in [0.1, 0.15) is 35.6 Å².